The van der Waals surface area contributed by atoms with Crippen molar-refractivity contribution < 1.29 is 61.6 Å². The fraction of sp³-hybridized carbons (Fsp3) is 0.529. The summed E-state index contributed by atoms with van der Waals surface area (Å²) in [7, 11) is -15.5. The van der Waals surface area contributed by atoms with Crippen LogP contribution in [0.4, 0.5) is 0 Å². The predicted molar refractivity (Wildman–Crippen MR) is 133 cm³/mol. The Kier molecular flexibility index (Phi) is 9.58. The van der Waals surface area contributed by atoms with Gasteiger partial charge in [-0.3, -0.25) is 18.9 Å². The first-order valence-electron chi connectivity index (χ1n) is 11.0. The van der Waals surface area contributed by atoms with E-state index in [4.69, 9.17) is 14.5 Å². The Balaban J connectivity index is 1.77. The van der Waals surface area contributed by atoms with Crippen LogP contribution in [0.2, 0.25) is 0 Å². The number of nitrogens with zero attached hydrogens (tertiary/aromatic N) is 4. The van der Waals surface area contributed by atoms with Gasteiger partial charge in [0.15, 0.2) is 6.04 Å². The molecule has 2 aromatic rings. The summed E-state index contributed by atoms with van der Waals surface area (Å²) in [5.41, 5.74) is -2.11. The van der Waals surface area contributed by atoms with Gasteiger partial charge in [-0.1, -0.05) is 19.1 Å². The molecule has 0 aliphatic carbocycles. The van der Waals surface area contributed by atoms with Crippen molar-refractivity contribution in [3.8, 4) is 11.3 Å². The molecule has 0 spiro atoms. The Morgan fingerprint density at radius 1 is 1.20 bits per heavy atom. The average molecular weight is 633 g/mol. The number of hydrogen-bond donors (Lipinski definition) is 7. The minimum Gasteiger partial charge on any atom is -0.480 e. The highest BCUT2D eigenvalue weighted by molar-refractivity contribution is 7.70. The molecule has 1 aliphatic rings. The number of carboxylic acid groups (broad SMARTS) is 1. The minimum absolute atomic E-state index is 0.0751. The normalized spacial score (nSPS) is 23.6. The van der Waals surface area contributed by atoms with Gasteiger partial charge in [0, 0.05) is 12.6 Å². The molecule has 1 fully saturated rings. The second-order valence-corrected chi connectivity index (χ2v) is 13.6. The molecule has 23 heteroatoms. The van der Waals surface area contributed by atoms with Crippen LogP contribution in [0.5, 0.6) is 0 Å². The van der Waals surface area contributed by atoms with Gasteiger partial charge in [0.25, 0.3) is 13.1 Å². The van der Waals surface area contributed by atoms with E-state index in [1.54, 1.807) is 13.8 Å². The first kappa shape index (κ1) is 32.2. The molecule has 2 aromatic heterocycles. The van der Waals surface area contributed by atoms with Gasteiger partial charge in [-0.05, 0) is 12.2 Å². The molecule has 0 bridgehead atoms. The fourth-order valence-corrected chi connectivity index (χ4v) is 6.94. The second kappa shape index (κ2) is 11.9. The zero-order valence-electron chi connectivity index (χ0n) is 20.7. The SMILES string of the molecule is C=P(O)(O)OP(=O)(O)OP(=O)(O)OCC1OC(n2cc(-c3cn(C(C(=O)O)C(C)C)nn3)c(=O)[nH]c2=O)C[C@@H]1O. The number of carboxylic acids is 1. The predicted octanol–water partition coefficient (Wildman–Crippen LogP) is -0.845. The van der Waals surface area contributed by atoms with Crippen LogP contribution < -0.4 is 11.2 Å². The molecule has 0 saturated carbocycles. The molecule has 0 radical (unpaired) electrons. The first-order valence-corrected chi connectivity index (χ1v) is 15.8. The van der Waals surface area contributed by atoms with E-state index in [0.29, 0.717) is 0 Å². The number of carbonyl (C=O) groups is 1. The Hall–Kier alpha value is -2.31. The molecule has 7 N–H and O–H groups in total. The van der Waals surface area contributed by atoms with Gasteiger partial charge < -0.3 is 34.5 Å². The smallest absolute Gasteiger partial charge is 0.480 e. The number of phosphoric ester groups is 1. The number of aromatic amines is 1. The summed E-state index contributed by atoms with van der Waals surface area (Å²) in [5, 5.41) is 27.3. The molecular weight excluding hydrogens is 607 g/mol. The molecule has 3 rings (SSSR count). The molecule has 40 heavy (non-hydrogen) atoms. The van der Waals surface area contributed by atoms with E-state index in [9.17, 15) is 43.5 Å². The van der Waals surface area contributed by atoms with Crippen molar-refractivity contribution in [1.29, 1.82) is 0 Å². The van der Waals surface area contributed by atoms with E-state index in [0.717, 1.165) is 15.4 Å². The number of phosphoric acid groups is 2. The van der Waals surface area contributed by atoms with Gasteiger partial charge in [0.1, 0.15) is 18.0 Å². The van der Waals surface area contributed by atoms with Crippen LogP contribution in [0.1, 0.15) is 32.5 Å². The quantitative estimate of drug-likeness (QED) is 0.140. The Bertz CT molecular complexity index is 1510. The zero-order valence-corrected chi connectivity index (χ0v) is 23.3. The van der Waals surface area contributed by atoms with Crippen LogP contribution in [0.3, 0.4) is 0 Å². The lowest BCUT2D eigenvalue weighted by Crippen LogP contribution is -2.33. The van der Waals surface area contributed by atoms with Crippen LogP contribution in [0.15, 0.2) is 22.0 Å². The first-order chi connectivity index (χ1) is 18.3. The van der Waals surface area contributed by atoms with Crippen LogP contribution in [-0.2, 0) is 31.8 Å². The van der Waals surface area contributed by atoms with E-state index in [1.807, 2.05) is 4.98 Å². The van der Waals surface area contributed by atoms with Crippen molar-refractivity contribution in [2.24, 2.45) is 5.92 Å². The molecule has 0 aromatic carbocycles. The maximum atomic E-state index is 12.5. The molecule has 20 nitrogen and oxygen atoms in total. The summed E-state index contributed by atoms with van der Waals surface area (Å²) in [6.07, 6.45) is 0.533. The zero-order chi connectivity index (χ0) is 30.2. The van der Waals surface area contributed by atoms with Crippen LogP contribution in [-0.4, -0.2) is 85.4 Å². The molecule has 5 unspecified atom stereocenters. The molecular formula is C17H26N5O15P3. The lowest BCUT2D eigenvalue weighted by molar-refractivity contribution is -0.142. The summed E-state index contributed by atoms with van der Waals surface area (Å²) in [6.45, 7) is 2.37. The highest BCUT2D eigenvalue weighted by Crippen LogP contribution is 2.66. The second-order valence-electron chi connectivity index (χ2n) is 8.81. The summed E-state index contributed by atoms with van der Waals surface area (Å²) >= 11 is 0. The van der Waals surface area contributed by atoms with Gasteiger partial charge in [0.05, 0.1) is 24.5 Å². The number of aliphatic hydroxyl groups is 1. The number of aromatic nitrogens is 5. The van der Waals surface area contributed by atoms with Gasteiger partial charge in [-0.25, -0.2) is 27.7 Å². The lowest BCUT2D eigenvalue weighted by Gasteiger charge is -2.20. The van der Waals surface area contributed by atoms with Gasteiger partial charge >= 0.3 is 27.3 Å². The Morgan fingerprint density at radius 3 is 2.42 bits per heavy atom. The topological polar surface area (TPSA) is 295 Å². The highest BCUT2D eigenvalue weighted by Gasteiger charge is 2.41. The van der Waals surface area contributed by atoms with E-state index < -0.39 is 71.5 Å². The van der Waals surface area contributed by atoms with E-state index in [-0.39, 0.29) is 23.6 Å². The fourth-order valence-electron chi connectivity index (χ4n) is 3.66. The van der Waals surface area contributed by atoms with Gasteiger partial charge in [-0.15, -0.1) is 5.10 Å². The van der Waals surface area contributed by atoms with Crippen LogP contribution in [0.25, 0.3) is 11.3 Å². The molecule has 0 amide bonds. The van der Waals surface area contributed by atoms with Crippen molar-refractivity contribution in [2.75, 3.05) is 6.61 Å². The average Bonchev–Trinajstić information content (AvgIpc) is 3.36. The van der Waals surface area contributed by atoms with Gasteiger partial charge in [0.2, 0.25) is 0 Å². The number of hydrogen-bond acceptors (Lipinski definition) is 14. The van der Waals surface area contributed by atoms with Crippen molar-refractivity contribution in [2.45, 2.75) is 44.7 Å². The standard InChI is InChI=1S/C17H26N5O15P3/c1-8(2)14(16(25)26)22-6-10(19-20-22)9-5-21(17(27)18-15(9)24)13-4-11(23)12(35-13)7-34-39(30,31)37-40(32,33)36-38(3,28)29/h5-6,8,11-14,23,28-29H,3-4,7H2,1-2H3,(H,25,26)(H,30,31)(H,32,33)(H,18,24,27)/t11-,12?,13?,14?/m0/s1. The largest absolute Gasteiger partial charge is 0.487 e. The summed E-state index contributed by atoms with van der Waals surface area (Å²) in [6, 6.07) is -1.09. The lowest BCUT2D eigenvalue weighted by atomic mass is 10.1. The van der Waals surface area contributed by atoms with Crippen molar-refractivity contribution in [1.82, 2.24) is 24.5 Å². The number of ether oxygens (including phenoxy) is 1. The summed E-state index contributed by atoms with van der Waals surface area (Å²) < 4.78 is 43.3. The Labute approximate surface area is 223 Å². The van der Waals surface area contributed by atoms with E-state index >= 15 is 0 Å². The van der Waals surface area contributed by atoms with Crippen LogP contribution in [0, 0.1) is 5.92 Å². The maximum absolute atomic E-state index is 12.5. The molecule has 1 saturated heterocycles. The third kappa shape index (κ3) is 8.13. The summed E-state index contributed by atoms with van der Waals surface area (Å²) in [4.78, 5) is 75.6. The number of H-pyrrole nitrogens is 1. The number of aliphatic carboxylic acids is 1. The third-order valence-corrected chi connectivity index (χ3v) is 9.28. The number of aliphatic hydroxyl groups excluding tert-OH is 1. The molecule has 1 aliphatic heterocycles. The van der Waals surface area contributed by atoms with Crippen molar-refractivity contribution >= 4 is 35.5 Å². The minimum atomic E-state index is -5.51. The summed E-state index contributed by atoms with van der Waals surface area (Å²) in [5.74, 6) is -1.57. The van der Waals surface area contributed by atoms with E-state index in [2.05, 4.69) is 29.8 Å². The molecule has 224 valence electrons. The number of nitrogens with one attached hydrogen (secondary N) is 1. The highest BCUT2D eigenvalue weighted by atomic mass is 31.3. The van der Waals surface area contributed by atoms with Crippen molar-refractivity contribution in [3.63, 3.8) is 0 Å². The van der Waals surface area contributed by atoms with Crippen molar-refractivity contribution in [3.05, 3.63) is 33.2 Å². The molecule has 6 atom stereocenters. The van der Waals surface area contributed by atoms with Crippen LogP contribution >= 0.6 is 23.2 Å². The Morgan fingerprint density at radius 2 is 1.85 bits per heavy atom. The third-order valence-electron chi connectivity index (χ3n) is 5.28. The molecule has 3 heterocycles. The number of rotatable bonds is 12. The van der Waals surface area contributed by atoms with Gasteiger partial charge in [-0.2, -0.15) is 4.31 Å². The monoisotopic (exact) mass is 633 g/mol. The van der Waals surface area contributed by atoms with E-state index in [1.165, 1.54) is 6.20 Å². The maximum Gasteiger partial charge on any atom is 0.487 e.